The number of hydrogen-bond donors (Lipinski definition) is 5. The lowest BCUT2D eigenvalue weighted by molar-refractivity contribution is -0.317. The van der Waals surface area contributed by atoms with Gasteiger partial charge in [0.1, 0.15) is 29.2 Å². The Morgan fingerprint density at radius 3 is 2.30 bits per heavy atom. The van der Waals surface area contributed by atoms with Crippen LogP contribution in [0.1, 0.15) is 113 Å². The number of para-hydroxylation sites is 1. The molecule has 2 bridgehead atoms. The minimum atomic E-state index is -1.58. The monoisotopic (exact) mass is 937 g/mol. The maximum absolute atomic E-state index is 14.6. The number of esters is 1. The fourth-order valence-corrected chi connectivity index (χ4v) is 11.2. The Kier molecular flexibility index (Phi) is 18.4. The highest BCUT2D eigenvalue weighted by Crippen LogP contribution is 2.46. The van der Waals surface area contributed by atoms with Crippen LogP contribution in [0.2, 0.25) is 0 Å². The molecule has 378 valence electrons. The Hall–Kier alpha value is -2.68. The van der Waals surface area contributed by atoms with Gasteiger partial charge in [0.15, 0.2) is 18.7 Å². The van der Waals surface area contributed by atoms with E-state index in [2.05, 4.69) is 10.6 Å². The van der Waals surface area contributed by atoms with Crippen LogP contribution in [0.15, 0.2) is 24.3 Å². The second-order valence-corrected chi connectivity index (χ2v) is 20.6. The van der Waals surface area contributed by atoms with E-state index in [4.69, 9.17) is 48.4 Å². The predicted octanol–water partition coefficient (Wildman–Crippen LogP) is 4.68. The molecule has 0 aliphatic carbocycles. The van der Waals surface area contributed by atoms with E-state index in [0.29, 0.717) is 25.9 Å². The molecular weight excluding hydrogens is 853 g/mol. The number of aliphatic hydroxyl groups is 2. The van der Waals surface area contributed by atoms with Gasteiger partial charge in [0.05, 0.1) is 49.1 Å². The number of ether oxygens (including phenoxy) is 9. The van der Waals surface area contributed by atoms with Crippen LogP contribution in [0.5, 0.6) is 5.75 Å². The van der Waals surface area contributed by atoms with E-state index in [9.17, 15) is 19.8 Å². The second kappa shape index (κ2) is 22.4. The van der Waals surface area contributed by atoms with E-state index in [1.165, 1.54) is 0 Å². The van der Waals surface area contributed by atoms with Crippen molar-refractivity contribution in [3.8, 4) is 5.75 Å². The summed E-state index contributed by atoms with van der Waals surface area (Å²) in [6.45, 7) is 21.5. The van der Waals surface area contributed by atoms with Crippen LogP contribution in [-0.4, -0.2) is 159 Å². The number of alkyl carbamates (subject to hydrolysis) is 1. The molecule has 2 unspecified atom stereocenters. The van der Waals surface area contributed by atoms with Crippen LogP contribution in [0.25, 0.3) is 0 Å². The average molecular weight is 937 g/mol. The van der Waals surface area contributed by atoms with Gasteiger partial charge in [0.25, 0.3) is 0 Å². The molecule has 4 aliphatic rings. The van der Waals surface area contributed by atoms with Gasteiger partial charge >= 0.3 is 12.1 Å². The fourth-order valence-electron chi connectivity index (χ4n) is 11.2. The minimum Gasteiger partial charge on any atom is -0.496 e. The average Bonchev–Trinajstić information content (AvgIpc) is 3.50. The maximum atomic E-state index is 14.6. The van der Waals surface area contributed by atoms with Gasteiger partial charge in [-0.2, -0.15) is 0 Å². The van der Waals surface area contributed by atoms with Crippen LogP contribution >= 0.6 is 0 Å². The Morgan fingerprint density at radius 1 is 0.985 bits per heavy atom. The fraction of sp³-hybridized carbons (Fsp3) is 0.837. The van der Waals surface area contributed by atoms with Crippen molar-refractivity contribution in [1.82, 2.24) is 15.5 Å². The number of carbonyl (C=O) groups excluding carboxylic acids is 2. The van der Waals surface area contributed by atoms with Crippen molar-refractivity contribution in [1.29, 1.82) is 0 Å². The van der Waals surface area contributed by atoms with Crippen LogP contribution in [-0.2, 0) is 42.7 Å². The number of likely N-dealkylation sites (N-methyl/N-ethyl adjacent to an activating group) is 1. The molecule has 4 aliphatic heterocycles. The van der Waals surface area contributed by atoms with Gasteiger partial charge in [-0.1, -0.05) is 45.9 Å². The van der Waals surface area contributed by atoms with Crippen molar-refractivity contribution < 1.29 is 62.4 Å². The van der Waals surface area contributed by atoms with Crippen LogP contribution in [0, 0.1) is 23.7 Å². The van der Waals surface area contributed by atoms with E-state index < -0.39 is 95.9 Å². The molecule has 0 radical (unpaired) electrons. The smallest absolute Gasteiger partial charge is 0.407 e. The molecule has 17 heteroatoms. The number of carbonyl (C=O) groups is 2. The topological polar surface area (TPSA) is 211 Å². The third-order valence-corrected chi connectivity index (χ3v) is 15.2. The SMILES string of the molecule is CC[C@H]1OC(=O)[C@H](C)[C@@H](O[C@H]2C[C@@](C)(OC)C(OC(=O)NCCNC(C)c3ccccc3OC)[C@H](C)O2)[C@H](C)[C@@H](O[C@@H]2O[C@H](C)C[C@H](N(C)C)[C@H]2O)[C@@](C)(O)C[C@@H](C)[C@H]2O[C@]1(C)[C@@H](N)[C@H]2C. The number of nitrogens with zero attached hydrogens (tertiary/aromatic N) is 1. The molecule has 0 aromatic heterocycles. The molecule has 4 saturated heterocycles. The van der Waals surface area contributed by atoms with E-state index in [-0.39, 0.29) is 49.0 Å². The number of hydrogen-bond acceptors (Lipinski definition) is 16. The second-order valence-electron chi connectivity index (χ2n) is 20.6. The molecule has 1 aromatic carbocycles. The summed E-state index contributed by atoms with van der Waals surface area (Å²) in [5.41, 5.74) is 4.25. The summed E-state index contributed by atoms with van der Waals surface area (Å²) >= 11 is 0. The summed E-state index contributed by atoms with van der Waals surface area (Å²) in [5.74, 6) is -1.80. The number of nitrogens with two attached hydrogens (primary N) is 1. The quantitative estimate of drug-likeness (QED) is 0.127. The number of methoxy groups -OCH3 is 2. The molecule has 4 heterocycles. The van der Waals surface area contributed by atoms with Crippen LogP contribution in [0.4, 0.5) is 4.79 Å². The summed E-state index contributed by atoms with van der Waals surface area (Å²) in [4.78, 5) is 29.8. The molecule has 4 fully saturated rings. The number of aliphatic hydroxyl groups excluding tert-OH is 1. The largest absolute Gasteiger partial charge is 0.496 e. The zero-order chi connectivity index (χ0) is 49.1. The minimum absolute atomic E-state index is 0.0257. The standard InChI is InChI=1S/C49H84N4O13/c1-16-36-49(11)41(50)28(4)39(66-49)26(2)24-47(9,57)42(64-45-38(54)34(53(12)13)23-27(3)60-45)29(5)40(30(6)44(55)62-36)63-37-25-48(10,59-15)43(32(8)61-37)65-46(56)52-22-21-51-31(7)33-19-17-18-20-35(33)58-14/h17-20,26-32,34,36-43,45,51,54,57H,16,21-25,50H2,1-15H3,(H,52,56)/t26-,27-,28+,29+,30-,31?,32+,34+,36-,37+,38-,39-,40+,41+,42-,43?,45+,47+,48-,49+/m1/s1. The molecule has 0 spiro atoms. The molecule has 20 atom stereocenters. The van der Waals surface area contributed by atoms with Gasteiger partial charge in [0, 0.05) is 62.1 Å². The molecule has 1 aromatic rings. The van der Waals surface area contributed by atoms with Crippen molar-refractivity contribution in [3.63, 3.8) is 0 Å². The van der Waals surface area contributed by atoms with Crippen molar-refractivity contribution in [2.45, 2.75) is 198 Å². The first-order valence-electron chi connectivity index (χ1n) is 24.1. The summed E-state index contributed by atoms with van der Waals surface area (Å²) in [6.07, 6.45) is -7.34. The summed E-state index contributed by atoms with van der Waals surface area (Å²) in [7, 11) is 6.97. The van der Waals surface area contributed by atoms with Gasteiger partial charge in [-0.25, -0.2) is 4.79 Å². The van der Waals surface area contributed by atoms with E-state index in [1.807, 2.05) is 98.7 Å². The highest BCUT2D eigenvalue weighted by atomic mass is 16.7. The van der Waals surface area contributed by atoms with Gasteiger partial charge in [-0.05, 0) is 93.8 Å². The lowest BCUT2D eigenvalue weighted by Gasteiger charge is -2.49. The highest BCUT2D eigenvalue weighted by molar-refractivity contribution is 5.73. The number of benzene rings is 1. The molecule has 5 rings (SSSR count). The van der Waals surface area contributed by atoms with Gasteiger partial charge in [-0.3, -0.25) is 4.79 Å². The van der Waals surface area contributed by atoms with Crippen LogP contribution < -0.4 is 21.1 Å². The first kappa shape index (κ1) is 54.3. The molecule has 66 heavy (non-hydrogen) atoms. The predicted molar refractivity (Wildman–Crippen MR) is 248 cm³/mol. The molecule has 6 N–H and O–H groups in total. The van der Waals surface area contributed by atoms with Crippen molar-refractivity contribution >= 4 is 12.1 Å². The Bertz CT molecular complexity index is 1740. The Balaban J connectivity index is 1.40. The lowest BCUT2D eigenvalue weighted by atomic mass is 9.75. The number of rotatable bonds is 14. The first-order chi connectivity index (χ1) is 30.9. The maximum Gasteiger partial charge on any atom is 0.407 e. The molecule has 1 amide bonds. The Labute approximate surface area is 393 Å². The zero-order valence-corrected chi connectivity index (χ0v) is 42.3. The van der Waals surface area contributed by atoms with Gasteiger partial charge in [0.2, 0.25) is 0 Å². The highest BCUT2D eigenvalue weighted by Gasteiger charge is 2.58. The first-order valence-corrected chi connectivity index (χ1v) is 24.1. The van der Waals surface area contributed by atoms with Crippen molar-refractivity contribution in [2.24, 2.45) is 29.4 Å². The lowest BCUT2D eigenvalue weighted by Crippen LogP contribution is -2.61. The molecule has 17 nitrogen and oxygen atoms in total. The van der Waals surface area contributed by atoms with Crippen molar-refractivity contribution in [3.05, 3.63) is 29.8 Å². The number of nitrogens with one attached hydrogen (secondary N) is 2. The van der Waals surface area contributed by atoms with Gasteiger partial charge in [-0.15, -0.1) is 0 Å². The van der Waals surface area contributed by atoms with E-state index >= 15 is 0 Å². The van der Waals surface area contributed by atoms with Crippen molar-refractivity contribution in [2.75, 3.05) is 41.4 Å². The van der Waals surface area contributed by atoms with E-state index in [1.54, 1.807) is 35.0 Å². The number of fused-ring (bicyclic) bond motifs is 2. The third kappa shape index (κ3) is 11.8. The van der Waals surface area contributed by atoms with Gasteiger partial charge < -0.3 is 74.1 Å². The summed E-state index contributed by atoms with van der Waals surface area (Å²) in [5, 5.41) is 30.8. The molecule has 0 saturated carbocycles. The summed E-state index contributed by atoms with van der Waals surface area (Å²) < 4.78 is 57.4. The third-order valence-electron chi connectivity index (χ3n) is 15.2. The molecular formula is C49H84N4O13. The van der Waals surface area contributed by atoms with E-state index in [0.717, 1.165) is 11.3 Å². The number of amides is 1. The number of cyclic esters (lactones) is 1. The van der Waals surface area contributed by atoms with Crippen LogP contribution in [0.3, 0.4) is 0 Å². The zero-order valence-electron chi connectivity index (χ0n) is 42.3. The summed E-state index contributed by atoms with van der Waals surface area (Å²) in [6, 6.07) is 7.00. The Morgan fingerprint density at radius 2 is 1.67 bits per heavy atom. The normalized spacial score (nSPS) is 42.9.